The average molecular weight is 393 g/mol. The van der Waals surface area contributed by atoms with E-state index in [4.69, 9.17) is 4.74 Å². The number of hydrogen-bond donors (Lipinski definition) is 0. The molecule has 1 aromatic carbocycles. The first-order chi connectivity index (χ1) is 13.4. The Labute approximate surface area is 174 Å². The molecular weight excluding hydrogens is 360 g/mol. The van der Waals surface area contributed by atoms with Crippen molar-refractivity contribution in [1.29, 1.82) is 0 Å². The summed E-state index contributed by atoms with van der Waals surface area (Å²) in [5.74, 6) is -0.711. The first-order valence-electron chi connectivity index (χ1n) is 10.2. The summed E-state index contributed by atoms with van der Waals surface area (Å²) in [6, 6.07) is 10.2. The number of hydrogen-bond acceptors (Lipinski definition) is 3. The van der Waals surface area contributed by atoms with Gasteiger partial charge in [-0.05, 0) is 16.4 Å². The fourth-order valence-corrected chi connectivity index (χ4v) is 4.51. The summed E-state index contributed by atoms with van der Waals surface area (Å²) in [6.45, 7) is 12.4. The Morgan fingerprint density at radius 1 is 0.897 bits per heavy atom. The summed E-state index contributed by atoms with van der Waals surface area (Å²) in [5.41, 5.74) is 1.33. The van der Waals surface area contributed by atoms with Crippen molar-refractivity contribution in [3.05, 3.63) is 71.3 Å². The summed E-state index contributed by atoms with van der Waals surface area (Å²) in [4.78, 5) is 26.3. The molecule has 0 aromatic heterocycles. The lowest BCUT2D eigenvalue weighted by atomic mass is 9.59. The van der Waals surface area contributed by atoms with Gasteiger partial charge in [-0.1, -0.05) is 96.2 Å². The highest BCUT2D eigenvalue weighted by molar-refractivity contribution is 6.11. The van der Waals surface area contributed by atoms with E-state index in [2.05, 4.69) is 71.9 Å². The van der Waals surface area contributed by atoms with Crippen LogP contribution < -0.4 is 0 Å². The van der Waals surface area contributed by atoms with Crippen LogP contribution in [0.25, 0.3) is 0 Å². The molecule has 3 nitrogen and oxygen atoms in total. The third-order valence-corrected chi connectivity index (χ3v) is 6.08. The Balaban J connectivity index is 2.33. The second-order valence-corrected chi connectivity index (χ2v) is 10.2. The van der Waals surface area contributed by atoms with Gasteiger partial charge in [0.15, 0.2) is 5.78 Å². The normalized spacial score (nSPS) is 23.8. The largest absolute Gasteiger partial charge is 0.469 e. The summed E-state index contributed by atoms with van der Waals surface area (Å²) >= 11 is 0. The average Bonchev–Trinajstić information content (AvgIpc) is 3.00. The number of methoxy groups -OCH3 is 1. The molecule has 0 saturated heterocycles. The molecule has 0 radical (unpaired) electrons. The van der Waals surface area contributed by atoms with Crippen molar-refractivity contribution in [3.8, 4) is 0 Å². The van der Waals surface area contributed by atoms with Gasteiger partial charge in [0, 0.05) is 22.5 Å². The molecule has 154 valence electrons. The second kappa shape index (κ2) is 7.12. The van der Waals surface area contributed by atoms with Gasteiger partial charge in [0.25, 0.3) is 0 Å². The predicted molar refractivity (Wildman–Crippen MR) is 116 cm³/mol. The van der Waals surface area contributed by atoms with Gasteiger partial charge in [0.1, 0.15) is 0 Å². The molecule has 0 amide bonds. The highest BCUT2D eigenvalue weighted by Gasteiger charge is 2.53. The SMILES string of the molecule is COC(=O)[C@H]1C=C[C@@H](c2ccccc2)C12C=C(C(C)(C)C)C(=O)C(C(C)(C)C)=C2. The molecule has 0 unspecified atom stereocenters. The van der Waals surface area contributed by atoms with E-state index >= 15 is 0 Å². The van der Waals surface area contributed by atoms with E-state index in [1.807, 2.05) is 24.3 Å². The highest BCUT2D eigenvalue weighted by Crippen LogP contribution is 2.56. The Kier molecular flexibility index (Phi) is 5.23. The lowest BCUT2D eigenvalue weighted by Gasteiger charge is -2.42. The van der Waals surface area contributed by atoms with Crippen molar-refractivity contribution < 1.29 is 14.3 Å². The minimum Gasteiger partial charge on any atom is -0.469 e. The van der Waals surface area contributed by atoms with Crippen LogP contribution in [-0.2, 0) is 14.3 Å². The van der Waals surface area contributed by atoms with Crippen LogP contribution in [0.4, 0.5) is 0 Å². The first-order valence-corrected chi connectivity index (χ1v) is 10.2. The lowest BCUT2D eigenvalue weighted by molar-refractivity contribution is -0.146. The molecule has 0 aliphatic heterocycles. The fraction of sp³-hybridized carbons (Fsp3) is 0.462. The van der Waals surface area contributed by atoms with E-state index in [0.717, 1.165) is 16.7 Å². The van der Waals surface area contributed by atoms with Crippen molar-refractivity contribution in [2.24, 2.45) is 22.2 Å². The van der Waals surface area contributed by atoms with Gasteiger partial charge in [-0.15, -0.1) is 0 Å². The molecule has 2 atom stereocenters. The maximum absolute atomic E-state index is 13.5. The van der Waals surface area contributed by atoms with Crippen LogP contribution in [0.2, 0.25) is 0 Å². The summed E-state index contributed by atoms with van der Waals surface area (Å²) in [7, 11) is 1.43. The van der Waals surface area contributed by atoms with Gasteiger partial charge in [-0.3, -0.25) is 9.59 Å². The van der Waals surface area contributed by atoms with E-state index in [1.165, 1.54) is 7.11 Å². The highest BCUT2D eigenvalue weighted by atomic mass is 16.5. The first kappa shape index (κ1) is 21.3. The van der Waals surface area contributed by atoms with Gasteiger partial charge in [-0.25, -0.2) is 0 Å². The van der Waals surface area contributed by atoms with E-state index in [1.54, 1.807) is 0 Å². The van der Waals surface area contributed by atoms with Crippen molar-refractivity contribution in [1.82, 2.24) is 0 Å². The Hall–Kier alpha value is -2.42. The number of rotatable bonds is 2. The van der Waals surface area contributed by atoms with Crippen molar-refractivity contribution in [2.75, 3.05) is 7.11 Å². The maximum Gasteiger partial charge on any atom is 0.313 e. The zero-order valence-electron chi connectivity index (χ0n) is 18.6. The van der Waals surface area contributed by atoms with Gasteiger partial charge in [0.05, 0.1) is 13.0 Å². The Morgan fingerprint density at radius 2 is 1.41 bits per heavy atom. The third kappa shape index (κ3) is 3.63. The van der Waals surface area contributed by atoms with Crippen LogP contribution in [0.1, 0.15) is 53.0 Å². The number of carbonyl (C=O) groups excluding carboxylic acids is 2. The Bertz CT molecular complexity index is 868. The number of carbonyl (C=O) groups is 2. The number of benzene rings is 1. The van der Waals surface area contributed by atoms with Gasteiger partial charge in [0.2, 0.25) is 0 Å². The number of Topliss-reactive ketones (excluding diaryl/α,β-unsaturated/α-hetero) is 1. The smallest absolute Gasteiger partial charge is 0.313 e. The van der Waals surface area contributed by atoms with Crippen molar-refractivity contribution in [3.63, 3.8) is 0 Å². The third-order valence-electron chi connectivity index (χ3n) is 6.08. The molecule has 0 heterocycles. The molecular formula is C26H32O3. The zero-order chi connectivity index (χ0) is 21.6. The summed E-state index contributed by atoms with van der Waals surface area (Å²) < 4.78 is 5.18. The van der Waals surface area contributed by atoms with Crippen LogP contribution in [-0.4, -0.2) is 18.9 Å². The minimum absolute atomic E-state index is 0.0457. The van der Waals surface area contributed by atoms with Gasteiger partial charge < -0.3 is 4.74 Å². The molecule has 1 aromatic rings. The Morgan fingerprint density at radius 3 is 1.86 bits per heavy atom. The monoisotopic (exact) mass is 392 g/mol. The molecule has 0 N–H and O–H groups in total. The van der Waals surface area contributed by atoms with E-state index in [9.17, 15) is 9.59 Å². The van der Waals surface area contributed by atoms with Crippen LogP contribution in [0.5, 0.6) is 0 Å². The molecule has 0 bridgehead atoms. The number of allylic oxidation sites excluding steroid dienone is 5. The van der Waals surface area contributed by atoms with Crippen molar-refractivity contribution in [2.45, 2.75) is 47.5 Å². The molecule has 29 heavy (non-hydrogen) atoms. The second-order valence-electron chi connectivity index (χ2n) is 10.2. The molecule has 0 saturated carbocycles. The van der Waals surface area contributed by atoms with Gasteiger partial charge in [-0.2, -0.15) is 0 Å². The number of ketones is 1. The fourth-order valence-electron chi connectivity index (χ4n) is 4.51. The van der Waals surface area contributed by atoms with Crippen molar-refractivity contribution >= 4 is 11.8 Å². The van der Waals surface area contributed by atoms with Crippen LogP contribution in [0.15, 0.2) is 65.8 Å². The van der Waals surface area contributed by atoms with Crippen LogP contribution in [0.3, 0.4) is 0 Å². The molecule has 1 spiro atoms. The molecule has 3 heteroatoms. The minimum atomic E-state index is -0.659. The maximum atomic E-state index is 13.5. The summed E-state index contributed by atoms with van der Waals surface area (Å²) in [5, 5.41) is 0. The molecule has 0 fully saturated rings. The van der Waals surface area contributed by atoms with E-state index < -0.39 is 11.3 Å². The number of ether oxygens (including phenoxy) is 1. The van der Waals surface area contributed by atoms with Crippen LogP contribution >= 0.6 is 0 Å². The zero-order valence-corrected chi connectivity index (χ0v) is 18.6. The van der Waals surface area contributed by atoms with Crippen LogP contribution in [0, 0.1) is 22.2 Å². The van der Waals surface area contributed by atoms with Gasteiger partial charge >= 0.3 is 5.97 Å². The predicted octanol–water partition coefficient (Wildman–Crippen LogP) is 5.64. The standard InChI is InChI=1S/C26H32O3/c1-24(2,3)20-15-26(16-21(22(20)27)25(4,5)6)18(17-11-9-8-10-12-17)13-14-19(26)23(28)29-7/h8-16,18-19H,1-7H3/t18-,19+/m0/s1. The van der Waals surface area contributed by atoms with E-state index in [-0.39, 0.29) is 28.5 Å². The molecule has 2 aliphatic rings. The summed E-state index contributed by atoms with van der Waals surface area (Å²) in [6.07, 6.45) is 8.17. The number of esters is 1. The lowest BCUT2D eigenvalue weighted by Crippen LogP contribution is -2.40. The topological polar surface area (TPSA) is 43.4 Å². The van der Waals surface area contributed by atoms with E-state index in [0.29, 0.717) is 0 Å². The molecule has 2 aliphatic carbocycles. The molecule has 3 rings (SSSR count). The quantitative estimate of drug-likeness (QED) is 0.483.